The molecule has 0 aliphatic carbocycles. The van der Waals surface area contributed by atoms with Crippen LogP contribution in [0.1, 0.15) is 0 Å². The maximum absolute atomic E-state index is 15.2. The van der Waals surface area contributed by atoms with Gasteiger partial charge in [0.15, 0.2) is 17.6 Å². The number of nitrogens with one attached hydrogen (secondary N) is 1. The Kier molecular flexibility index (Phi) is 6.33. The topological polar surface area (TPSA) is 119 Å². The molecule has 13 heteroatoms. The molecule has 0 amide bonds. The highest BCUT2D eigenvalue weighted by Gasteiger charge is 2.48. The number of aliphatic hydroxyl groups excluding tert-OH is 1. The summed E-state index contributed by atoms with van der Waals surface area (Å²) in [6.07, 6.45) is 0.703. The fourth-order valence-electron chi connectivity index (χ4n) is 4.75. The van der Waals surface area contributed by atoms with Gasteiger partial charge in [0.2, 0.25) is 0 Å². The van der Waals surface area contributed by atoms with Crippen LogP contribution >= 0.6 is 0 Å². The Morgan fingerprint density at radius 2 is 1.67 bits per heavy atom. The second-order valence-corrected chi connectivity index (χ2v) is 12.2. The van der Waals surface area contributed by atoms with Crippen molar-refractivity contribution in [1.29, 1.82) is 0 Å². The number of hydrogen-bond acceptors (Lipinski definition) is 8. The monoisotopic (exact) mass is 560 g/mol. The van der Waals surface area contributed by atoms with E-state index in [2.05, 4.69) is 19.3 Å². The molecule has 0 radical (unpaired) electrons. The Morgan fingerprint density at radius 3 is 2.36 bits per heavy atom. The van der Waals surface area contributed by atoms with Crippen LogP contribution < -0.4 is 4.74 Å². The molecule has 2 aliphatic heterocycles. The van der Waals surface area contributed by atoms with Gasteiger partial charge >= 0.3 is 0 Å². The molecule has 39 heavy (non-hydrogen) atoms. The molecule has 204 valence electrons. The van der Waals surface area contributed by atoms with Crippen molar-refractivity contribution in [3.8, 4) is 28.4 Å². The summed E-state index contributed by atoms with van der Waals surface area (Å²) in [6.45, 7) is 0.289. The largest absolute Gasteiger partial charge is 0.456 e. The average Bonchev–Trinajstić information content (AvgIpc) is 3.55. The second-order valence-electron chi connectivity index (χ2n) is 9.69. The normalized spacial score (nSPS) is 22.8. The fraction of sp³-hybridized carbons (Fsp3) is 0.308. The maximum atomic E-state index is 15.2. The molecule has 0 bridgehead atoms. The molecule has 9 nitrogen and oxygen atoms in total. The average molecular weight is 561 g/mol. The molecule has 2 aliphatic rings. The van der Waals surface area contributed by atoms with Gasteiger partial charge in [0.05, 0.1) is 30.0 Å². The predicted octanol–water partition coefficient (Wildman–Crippen LogP) is 3.97. The van der Waals surface area contributed by atoms with Crippen LogP contribution in [0.3, 0.4) is 0 Å². The molecule has 2 saturated heterocycles. The minimum atomic E-state index is -2.36. The molecule has 0 unspecified atom stereocenters. The number of rotatable bonds is 5. The predicted molar refractivity (Wildman–Crippen MR) is 137 cm³/mol. The third kappa shape index (κ3) is 4.98. The van der Waals surface area contributed by atoms with Crippen LogP contribution in [0.15, 0.2) is 46.8 Å². The van der Waals surface area contributed by atoms with Gasteiger partial charge < -0.3 is 24.3 Å². The molecule has 2 N–H and O–H groups in total. The van der Waals surface area contributed by atoms with E-state index in [4.69, 9.17) is 14.2 Å². The summed E-state index contributed by atoms with van der Waals surface area (Å²) in [5, 5.41) is 9.89. The number of aliphatic hydroxyl groups is 1. The van der Waals surface area contributed by atoms with Crippen LogP contribution in [0, 0.1) is 17.5 Å². The number of aromatic amines is 1. The lowest BCUT2D eigenvalue weighted by Gasteiger charge is -2.15. The van der Waals surface area contributed by atoms with E-state index in [0.717, 1.165) is 18.2 Å². The number of pyridine rings is 1. The van der Waals surface area contributed by atoms with Crippen molar-refractivity contribution in [3.63, 3.8) is 0 Å². The second kappa shape index (κ2) is 9.59. The van der Waals surface area contributed by atoms with Crippen LogP contribution in [0.2, 0.25) is 0 Å². The highest BCUT2D eigenvalue weighted by molar-refractivity contribution is 7.92. The first kappa shape index (κ1) is 25.7. The maximum Gasteiger partial charge on any atom is 0.296 e. The van der Waals surface area contributed by atoms with Gasteiger partial charge in [0.25, 0.3) is 6.01 Å². The highest BCUT2D eigenvalue weighted by atomic mass is 32.2. The van der Waals surface area contributed by atoms with Crippen molar-refractivity contribution >= 4 is 26.6 Å². The molecule has 2 fully saturated rings. The molecule has 6 rings (SSSR count). The van der Waals surface area contributed by atoms with Crippen molar-refractivity contribution in [2.24, 2.45) is 4.36 Å². The summed E-state index contributed by atoms with van der Waals surface area (Å²) in [5.74, 6) is -2.97. The number of H-pyrrole nitrogens is 1. The fourth-order valence-corrected chi connectivity index (χ4v) is 5.38. The van der Waals surface area contributed by atoms with E-state index in [0.29, 0.717) is 11.3 Å². The third-order valence-electron chi connectivity index (χ3n) is 6.45. The van der Waals surface area contributed by atoms with Crippen molar-refractivity contribution in [3.05, 3.63) is 59.9 Å². The van der Waals surface area contributed by atoms with E-state index in [1.165, 1.54) is 12.5 Å². The molecular weight excluding hydrogens is 537 g/mol. The number of ether oxygens (including phenoxy) is 3. The van der Waals surface area contributed by atoms with Crippen molar-refractivity contribution in [2.45, 2.75) is 24.4 Å². The summed E-state index contributed by atoms with van der Waals surface area (Å²) in [6, 6.07) is 9.60. The van der Waals surface area contributed by atoms with Gasteiger partial charge in [-0.2, -0.15) is 9.35 Å². The molecule has 2 aromatic carbocycles. The first-order valence-corrected chi connectivity index (χ1v) is 14.3. The van der Waals surface area contributed by atoms with Gasteiger partial charge in [0, 0.05) is 28.3 Å². The SMILES string of the molecule is CS(C)(=O)=Nc1ccc(-c2cc(F)c(-c3nc4nc(O[C@@H]5CO[C@H]6[C@@H]5OC[C@H]6O)[nH]c4cc3F)c(F)c2)cc1. The van der Waals surface area contributed by atoms with Crippen LogP contribution in [-0.4, -0.2) is 74.4 Å². The van der Waals surface area contributed by atoms with E-state index in [1.54, 1.807) is 24.3 Å². The Labute approximate surface area is 221 Å². The van der Waals surface area contributed by atoms with E-state index in [-0.39, 0.29) is 36.0 Å². The Hall–Kier alpha value is -3.52. The lowest BCUT2D eigenvalue weighted by atomic mass is 10.0. The van der Waals surface area contributed by atoms with Crippen LogP contribution in [0.25, 0.3) is 33.5 Å². The highest BCUT2D eigenvalue weighted by Crippen LogP contribution is 2.34. The number of imidazole rings is 1. The Morgan fingerprint density at radius 1 is 0.974 bits per heavy atom. The minimum absolute atomic E-state index is 0.00160. The smallest absolute Gasteiger partial charge is 0.296 e. The van der Waals surface area contributed by atoms with Crippen LogP contribution in [0.4, 0.5) is 18.9 Å². The van der Waals surface area contributed by atoms with Gasteiger partial charge in [-0.05, 0) is 35.4 Å². The van der Waals surface area contributed by atoms with Gasteiger partial charge in [-0.25, -0.2) is 22.4 Å². The van der Waals surface area contributed by atoms with E-state index in [9.17, 15) is 9.32 Å². The third-order valence-corrected chi connectivity index (χ3v) is 7.11. The zero-order valence-electron chi connectivity index (χ0n) is 20.7. The summed E-state index contributed by atoms with van der Waals surface area (Å²) in [4.78, 5) is 11.0. The van der Waals surface area contributed by atoms with Crippen LogP contribution in [0.5, 0.6) is 6.01 Å². The molecule has 4 heterocycles. The number of benzene rings is 2. The van der Waals surface area contributed by atoms with Crippen molar-refractivity contribution in [1.82, 2.24) is 15.0 Å². The summed E-state index contributed by atoms with van der Waals surface area (Å²) in [7, 11) is -2.36. The molecule has 2 aromatic heterocycles. The van der Waals surface area contributed by atoms with Gasteiger partial charge in [0.1, 0.15) is 35.6 Å². The van der Waals surface area contributed by atoms with Gasteiger partial charge in [-0.15, -0.1) is 0 Å². The van der Waals surface area contributed by atoms with E-state index >= 15 is 13.2 Å². The summed E-state index contributed by atoms with van der Waals surface area (Å²) >= 11 is 0. The number of hydrogen-bond donors (Lipinski definition) is 2. The van der Waals surface area contributed by atoms with E-state index in [1.807, 2.05) is 0 Å². The van der Waals surface area contributed by atoms with Gasteiger partial charge in [-0.1, -0.05) is 12.1 Å². The van der Waals surface area contributed by atoms with Crippen molar-refractivity contribution in [2.75, 3.05) is 25.7 Å². The number of halogens is 3. The van der Waals surface area contributed by atoms with Crippen LogP contribution in [-0.2, 0) is 19.2 Å². The van der Waals surface area contributed by atoms with Gasteiger partial charge in [-0.3, -0.25) is 0 Å². The molecule has 4 aromatic rings. The molecule has 0 spiro atoms. The zero-order chi connectivity index (χ0) is 27.5. The minimum Gasteiger partial charge on any atom is -0.456 e. The first-order valence-electron chi connectivity index (χ1n) is 12.0. The standard InChI is InChI=1S/C26H23F3N4O5S/c1-39(2,35)33-14-5-3-12(4-6-14)13-7-15(27)21(16(28)8-13)22-17(29)9-18-25(31-22)32-26(30-18)38-20-11-37-23-19(34)10-36-24(20)23/h3-9,19-20,23-24,34H,10-11H2,1-2H3,(H,30,31,32)/t19-,20-,23-,24-/m1/s1. The summed E-state index contributed by atoms with van der Waals surface area (Å²) < 4.78 is 78.2. The number of fused-ring (bicyclic) bond motifs is 2. The molecular formula is C26H23F3N4O5S. The molecule has 0 saturated carbocycles. The lowest BCUT2D eigenvalue weighted by molar-refractivity contribution is 0.00706. The van der Waals surface area contributed by atoms with E-state index < -0.39 is 62.9 Å². The first-order chi connectivity index (χ1) is 18.6. The Bertz CT molecular complexity index is 1670. The van der Waals surface area contributed by atoms with Crippen molar-refractivity contribution < 1.29 is 36.7 Å². The number of aromatic nitrogens is 3. The summed E-state index contributed by atoms with van der Waals surface area (Å²) in [5.41, 5.74) is 0.182. The lowest BCUT2D eigenvalue weighted by Crippen LogP contribution is -2.34. The quantitative estimate of drug-likeness (QED) is 0.379. The number of nitrogens with zero attached hydrogens (tertiary/aromatic N) is 3. The molecule has 4 atom stereocenters. The Balaban J connectivity index is 1.29. The zero-order valence-corrected chi connectivity index (χ0v) is 21.5.